The minimum Gasteiger partial charge on any atom is -0.491 e. The number of ether oxygens (including phenoxy) is 7. The smallest absolute Gasteiger partial charge is 0.342 e. The Bertz CT molecular complexity index is 1360. The summed E-state index contributed by atoms with van der Waals surface area (Å²) < 4.78 is 41.1. The monoisotopic (exact) mass is 625 g/mol. The Kier molecular flexibility index (Phi) is 11.8. The van der Waals surface area contributed by atoms with Gasteiger partial charge >= 0.3 is 11.9 Å². The minimum atomic E-state index is -0.940. The van der Waals surface area contributed by atoms with Gasteiger partial charge in [-0.2, -0.15) is 0 Å². The van der Waals surface area contributed by atoms with E-state index in [2.05, 4.69) is 0 Å². The zero-order valence-corrected chi connectivity index (χ0v) is 26.3. The molecule has 1 saturated heterocycles. The number of methoxy groups -OCH3 is 1. The number of hydrogen-bond donors (Lipinski definition) is 2. The van der Waals surface area contributed by atoms with Crippen LogP contribution in [0.25, 0.3) is 6.08 Å². The van der Waals surface area contributed by atoms with Crippen LogP contribution in [0.15, 0.2) is 60.7 Å². The second-order valence-electron chi connectivity index (χ2n) is 11.5. The second kappa shape index (κ2) is 15.5. The van der Waals surface area contributed by atoms with Gasteiger partial charge in [-0.15, -0.1) is 0 Å². The zero-order chi connectivity index (χ0) is 32.6. The quantitative estimate of drug-likeness (QED) is 0.234. The SMILES string of the molecule is COCOc1cc(OCC(O)CN)cc2c1C(=O)OC(C)[C@H](C)/C=C\C(OC(=O)c1ccccc1)[C@H]1OC(C)(C)OC1C/C=C/2. The lowest BCUT2D eigenvalue weighted by Crippen LogP contribution is -2.37. The first kappa shape index (κ1) is 34.1. The largest absolute Gasteiger partial charge is 0.491 e. The van der Waals surface area contributed by atoms with Gasteiger partial charge in [0.25, 0.3) is 0 Å². The van der Waals surface area contributed by atoms with Gasteiger partial charge < -0.3 is 44.0 Å². The van der Waals surface area contributed by atoms with E-state index in [-0.39, 0.29) is 37.2 Å². The van der Waals surface area contributed by atoms with Crippen LogP contribution in [-0.2, 0) is 23.7 Å². The second-order valence-corrected chi connectivity index (χ2v) is 11.5. The molecule has 0 bridgehead atoms. The fraction of sp³-hybridized carbons (Fsp3) is 0.471. The van der Waals surface area contributed by atoms with Crippen molar-refractivity contribution in [3.63, 3.8) is 0 Å². The van der Waals surface area contributed by atoms with Crippen LogP contribution in [0, 0.1) is 5.92 Å². The van der Waals surface area contributed by atoms with E-state index >= 15 is 0 Å². The van der Waals surface area contributed by atoms with Gasteiger partial charge in [-0.3, -0.25) is 0 Å². The molecular formula is C34H43NO10. The van der Waals surface area contributed by atoms with Gasteiger partial charge in [-0.1, -0.05) is 43.4 Å². The highest BCUT2D eigenvalue weighted by molar-refractivity contribution is 5.97. The highest BCUT2D eigenvalue weighted by Crippen LogP contribution is 2.36. The molecule has 4 unspecified atom stereocenters. The van der Waals surface area contributed by atoms with Crippen molar-refractivity contribution in [1.29, 1.82) is 0 Å². The Morgan fingerprint density at radius 2 is 1.87 bits per heavy atom. The molecule has 0 radical (unpaired) electrons. The maximum Gasteiger partial charge on any atom is 0.342 e. The molecule has 0 saturated carbocycles. The van der Waals surface area contributed by atoms with Gasteiger partial charge in [0.1, 0.15) is 48.1 Å². The van der Waals surface area contributed by atoms with E-state index in [4.69, 9.17) is 38.9 Å². The first-order valence-electron chi connectivity index (χ1n) is 15.0. The molecule has 11 nitrogen and oxygen atoms in total. The summed E-state index contributed by atoms with van der Waals surface area (Å²) in [6.45, 7) is 7.14. The average molecular weight is 626 g/mol. The summed E-state index contributed by atoms with van der Waals surface area (Å²) in [5.41, 5.74) is 6.59. The molecule has 2 aliphatic rings. The summed E-state index contributed by atoms with van der Waals surface area (Å²) in [6.07, 6.45) is 4.19. The fourth-order valence-electron chi connectivity index (χ4n) is 4.95. The molecule has 3 N–H and O–H groups in total. The van der Waals surface area contributed by atoms with Gasteiger partial charge in [0, 0.05) is 25.6 Å². The molecule has 6 atom stereocenters. The molecular weight excluding hydrogens is 582 g/mol. The number of carbonyl (C=O) groups is 2. The van der Waals surface area contributed by atoms with Crippen LogP contribution >= 0.6 is 0 Å². The van der Waals surface area contributed by atoms with Crippen LogP contribution in [0.2, 0.25) is 0 Å². The zero-order valence-electron chi connectivity index (χ0n) is 26.3. The molecule has 4 rings (SSSR count). The Labute approximate surface area is 263 Å². The van der Waals surface area contributed by atoms with E-state index in [9.17, 15) is 14.7 Å². The molecule has 0 spiro atoms. The Balaban J connectivity index is 1.74. The van der Waals surface area contributed by atoms with Crippen molar-refractivity contribution in [1.82, 2.24) is 0 Å². The summed E-state index contributed by atoms with van der Waals surface area (Å²) >= 11 is 0. The number of nitrogens with two attached hydrogens (primary N) is 1. The highest BCUT2D eigenvalue weighted by atomic mass is 16.8. The lowest BCUT2D eigenvalue weighted by atomic mass is 9.98. The molecule has 0 aromatic heterocycles. The predicted molar refractivity (Wildman–Crippen MR) is 166 cm³/mol. The van der Waals surface area contributed by atoms with Crippen LogP contribution < -0.4 is 15.2 Å². The van der Waals surface area contributed by atoms with E-state index < -0.39 is 48.2 Å². The Morgan fingerprint density at radius 3 is 2.58 bits per heavy atom. The standard InChI is InChI=1S/C34H43NO10/c1-21-14-15-27(43-32(37)23-10-7-6-8-11-23)31-28(44-34(3,4)45-31)13-9-12-24-16-26(40-19-25(36)18-35)17-29(41-20-39-5)30(24)33(38)42-22(21)2/h6-12,14-17,21-22,25,27-28,31,36H,13,18-20,35H2,1-5H3/b12-9+,15-14-/t21-,22?,25?,27?,28?,31-/m1/s1. The number of aliphatic hydroxyl groups excluding tert-OH is 1. The van der Waals surface area contributed by atoms with Gasteiger partial charge in [-0.25, -0.2) is 9.59 Å². The average Bonchev–Trinajstić information content (AvgIpc) is 3.33. The van der Waals surface area contributed by atoms with Crippen molar-refractivity contribution in [2.24, 2.45) is 11.7 Å². The third kappa shape index (κ3) is 9.15. The van der Waals surface area contributed by atoms with Gasteiger partial charge in [-0.05, 0) is 57.0 Å². The third-order valence-corrected chi connectivity index (χ3v) is 7.46. The van der Waals surface area contributed by atoms with Crippen LogP contribution in [0.4, 0.5) is 0 Å². The predicted octanol–water partition coefficient (Wildman–Crippen LogP) is 4.27. The summed E-state index contributed by atoms with van der Waals surface area (Å²) in [6, 6.07) is 11.9. The Morgan fingerprint density at radius 1 is 1.11 bits per heavy atom. The van der Waals surface area contributed by atoms with Crippen molar-refractivity contribution in [2.75, 3.05) is 27.1 Å². The number of hydrogen-bond acceptors (Lipinski definition) is 11. The van der Waals surface area contributed by atoms with Crippen LogP contribution in [0.5, 0.6) is 11.5 Å². The van der Waals surface area contributed by atoms with Gasteiger partial charge in [0.2, 0.25) is 0 Å². The first-order chi connectivity index (χ1) is 21.5. The van der Waals surface area contributed by atoms with Gasteiger partial charge in [0.15, 0.2) is 12.6 Å². The summed E-state index contributed by atoms with van der Waals surface area (Å²) in [5, 5.41) is 9.94. The minimum absolute atomic E-state index is 0.0251. The summed E-state index contributed by atoms with van der Waals surface area (Å²) in [4.78, 5) is 26.8. The molecule has 0 amide bonds. The fourth-order valence-corrected chi connectivity index (χ4v) is 4.95. The van der Waals surface area contributed by atoms with Crippen LogP contribution in [0.1, 0.15) is 60.4 Å². The first-order valence-corrected chi connectivity index (χ1v) is 15.0. The topological polar surface area (TPSA) is 145 Å². The maximum absolute atomic E-state index is 13.7. The maximum atomic E-state index is 13.7. The summed E-state index contributed by atoms with van der Waals surface area (Å²) in [7, 11) is 1.47. The van der Waals surface area contributed by atoms with Crippen molar-refractivity contribution in [3.8, 4) is 11.5 Å². The molecule has 0 aliphatic carbocycles. The summed E-state index contributed by atoms with van der Waals surface area (Å²) in [5.74, 6) is -1.77. The molecule has 1 fully saturated rings. The van der Waals surface area contributed by atoms with Crippen molar-refractivity contribution in [3.05, 3.63) is 77.4 Å². The van der Waals surface area contributed by atoms with E-state index in [0.29, 0.717) is 23.3 Å². The Hall–Kier alpha value is -3.74. The number of carbonyl (C=O) groups excluding carboxylic acids is 2. The molecule has 244 valence electrons. The number of aliphatic hydroxyl groups is 1. The van der Waals surface area contributed by atoms with Crippen molar-refractivity contribution >= 4 is 18.0 Å². The van der Waals surface area contributed by atoms with Gasteiger partial charge in [0.05, 0.1) is 11.7 Å². The molecule has 11 heteroatoms. The number of rotatable bonds is 9. The number of benzene rings is 2. The van der Waals surface area contributed by atoms with Crippen LogP contribution in [0.3, 0.4) is 0 Å². The van der Waals surface area contributed by atoms with Crippen LogP contribution in [-0.4, -0.2) is 80.4 Å². The molecule has 2 aromatic rings. The number of cyclic esters (lactones) is 1. The van der Waals surface area contributed by atoms with Crippen molar-refractivity contribution < 1.29 is 47.9 Å². The van der Waals surface area contributed by atoms with E-state index in [1.54, 1.807) is 55.5 Å². The van der Waals surface area contributed by atoms with E-state index in [1.165, 1.54) is 7.11 Å². The molecule has 2 aliphatic heterocycles. The number of esters is 2. The molecule has 2 heterocycles. The lowest BCUT2D eigenvalue weighted by Gasteiger charge is -2.26. The number of fused-ring (bicyclic) bond motifs is 2. The van der Waals surface area contributed by atoms with E-state index in [0.717, 1.165) is 0 Å². The third-order valence-electron chi connectivity index (χ3n) is 7.46. The normalized spacial score (nSPS) is 26.7. The van der Waals surface area contributed by atoms with Crippen molar-refractivity contribution in [2.45, 2.75) is 70.4 Å². The lowest BCUT2D eigenvalue weighted by molar-refractivity contribution is -0.152. The highest BCUT2D eigenvalue weighted by Gasteiger charge is 2.45. The van der Waals surface area contributed by atoms with E-state index in [1.807, 2.05) is 39.0 Å². The molecule has 2 aromatic carbocycles. The molecule has 45 heavy (non-hydrogen) atoms.